The van der Waals surface area contributed by atoms with Gasteiger partial charge < -0.3 is 20.1 Å². The maximum Gasteiger partial charge on any atom is 0.190 e. The Labute approximate surface area is 177 Å². The summed E-state index contributed by atoms with van der Waals surface area (Å²) in [5.41, 5.74) is 0.182. The highest BCUT2D eigenvalue weighted by atomic mass is 127. The molecular formula is C20H40IN3O2. The number of nitrogens with one attached hydrogen (secondary N) is 2. The van der Waals surface area contributed by atoms with E-state index < -0.39 is 0 Å². The molecule has 1 heterocycles. The SMILES string of the molecule is CN=C(NCCCOC1CCCC1)NCC1CCCOC1C(C)(C)C.I. The van der Waals surface area contributed by atoms with Gasteiger partial charge in [-0.2, -0.15) is 0 Å². The zero-order valence-corrected chi connectivity index (χ0v) is 19.5. The van der Waals surface area contributed by atoms with E-state index in [0.717, 1.165) is 45.1 Å². The molecule has 0 radical (unpaired) electrons. The number of aliphatic imine (C=N–C) groups is 1. The molecule has 1 aliphatic carbocycles. The molecule has 2 atom stereocenters. The molecule has 5 nitrogen and oxygen atoms in total. The first-order valence-corrected chi connectivity index (χ1v) is 10.2. The number of nitrogens with zero attached hydrogens (tertiary/aromatic N) is 1. The minimum absolute atomic E-state index is 0. The highest BCUT2D eigenvalue weighted by Gasteiger charge is 2.35. The number of hydrogen-bond donors (Lipinski definition) is 2. The van der Waals surface area contributed by atoms with E-state index >= 15 is 0 Å². The predicted molar refractivity (Wildman–Crippen MR) is 120 cm³/mol. The van der Waals surface area contributed by atoms with Crippen LogP contribution in [0.15, 0.2) is 4.99 Å². The van der Waals surface area contributed by atoms with Gasteiger partial charge in [0.15, 0.2) is 5.96 Å². The highest BCUT2D eigenvalue weighted by Crippen LogP contribution is 2.33. The van der Waals surface area contributed by atoms with Gasteiger partial charge in [-0.05, 0) is 37.5 Å². The molecule has 0 bridgehead atoms. The van der Waals surface area contributed by atoms with Gasteiger partial charge in [-0.15, -0.1) is 24.0 Å². The average Bonchev–Trinajstić information content (AvgIpc) is 3.10. The van der Waals surface area contributed by atoms with Gasteiger partial charge in [0.25, 0.3) is 0 Å². The average molecular weight is 481 g/mol. The lowest BCUT2D eigenvalue weighted by atomic mass is 9.78. The zero-order chi connectivity index (χ0) is 18.1. The Bertz CT molecular complexity index is 406. The van der Waals surface area contributed by atoms with Crippen LogP contribution >= 0.6 is 24.0 Å². The lowest BCUT2D eigenvalue weighted by Gasteiger charge is -2.40. The molecule has 0 amide bonds. The number of halogens is 1. The van der Waals surface area contributed by atoms with E-state index in [-0.39, 0.29) is 29.4 Å². The van der Waals surface area contributed by atoms with Gasteiger partial charge in [-0.3, -0.25) is 4.99 Å². The molecule has 26 heavy (non-hydrogen) atoms. The molecule has 0 aromatic heterocycles. The Balaban J connectivity index is 0.00000338. The molecule has 1 aliphatic heterocycles. The van der Waals surface area contributed by atoms with Crippen molar-refractivity contribution in [1.29, 1.82) is 0 Å². The van der Waals surface area contributed by atoms with Crippen molar-refractivity contribution in [3.8, 4) is 0 Å². The summed E-state index contributed by atoms with van der Waals surface area (Å²) in [5, 5.41) is 6.90. The second kappa shape index (κ2) is 12.4. The van der Waals surface area contributed by atoms with Crippen molar-refractivity contribution < 1.29 is 9.47 Å². The van der Waals surface area contributed by atoms with Crippen molar-refractivity contribution in [3.63, 3.8) is 0 Å². The molecule has 154 valence electrons. The molecule has 0 spiro atoms. The van der Waals surface area contributed by atoms with E-state index in [1.807, 2.05) is 7.05 Å². The monoisotopic (exact) mass is 481 g/mol. The fourth-order valence-electron chi connectivity index (χ4n) is 4.04. The van der Waals surface area contributed by atoms with Crippen molar-refractivity contribution in [2.45, 2.75) is 77.9 Å². The van der Waals surface area contributed by atoms with Crippen LogP contribution in [0.2, 0.25) is 0 Å². The zero-order valence-electron chi connectivity index (χ0n) is 17.2. The second-order valence-electron chi connectivity index (χ2n) is 8.57. The Kier molecular flexibility index (Phi) is 11.4. The summed E-state index contributed by atoms with van der Waals surface area (Å²) in [7, 11) is 1.84. The number of rotatable bonds is 7. The smallest absolute Gasteiger partial charge is 0.190 e. The van der Waals surface area contributed by atoms with Crippen LogP contribution in [-0.4, -0.2) is 51.5 Å². The van der Waals surface area contributed by atoms with Crippen LogP contribution in [0.3, 0.4) is 0 Å². The van der Waals surface area contributed by atoms with Crippen molar-refractivity contribution in [3.05, 3.63) is 0 Å². The number of guanidine groups is 1. The first kappa shape index (κ1) is 24.0. The van der Waals surface area contributed by atoms with Crippen LogP contribution in [0.1, 0.15) is 65.7 Å². The lowest BCUT2D eigenvalue weighted by Crippen LogP contribution is -2.47. The summed E-state index contributed by atoms with van der Waals surface area (Å²) >= 11 is 0. The molecule has 0 aromatic carbocycles. The third-order valence-electron chi connectivity index (χ3n) is 5.32. The van der Waals surface area contributed by atoms with Crippen molar-refractivity contribution in [2.24, 2.45) is 16.3 Å². The molecular weight excluding hydrogens is 441 g/mol. The molecule has 1 saturated carbocycles. The molecule has 6 heteroatoms. The normalized spacial score (nSPS) is 25.0. The van der Waals surface area contributed by atoms with Gasteiger partial charge in [-0.1, -0.05) is 33.6 Å². The van der Waals surface area contributed by atoms with E-state index in [2.05, 4.69) is 36.4 Å². The van der Waals surface area contributed by atoms with Crippen LogP contribution < -0.4 is 10.6 Å². The number of ether oxygens (including phenoxy) is 2. The summed E-state index contributed by atoms with van der Waals surface area (Å²) in [6, 6.07) is 0. The largest absolute Gasteiger partial charge is 0.378 e. The molecule has 2 N–H and O–H groups in total. The Morgan fingerprint density at radius 2 is 1.85 bits per heavy atom. The minimum Gasteiger partial charge on any atom is -0.378 e. The van der Waals surface area contributed by atoms with E-state index in [9.17, 15) is 0 Å². The topological polar surface area (TPSA) is 54.9 Å². The summed E-state index contributed by atoms with van der Waals surface area (Å²) in [4.78, 5) is 4.35. The van der Waals surface area contributed by atoms with Crippen LogP contribution in [0.25, 0.3) is 0 Å². The molecule has 2 aliphatic rings. The van der Waals surface area contributed by atoms with Crippen LogP contribution in [0, 0.1) is 11.3 Å². The van der Waals surface area contributed by atoms with E-state index in [1.165, 1.54) is 32.1 Å². The lowest BCUT2D eigenvalue weighted by molar-refractivity contribution is -0.0835. The summed E-state index contributed by atoms with van der Waals surface area (Å²) < 4.78 is 12.0. The quantitative estimate of drug-likeness (QED) is 0.250. The maximum atomic E-state index is 6.07. The fourth-order valence-corrected chi connectivity index (χ4v) is 4.04. The third kappa shape index (κ3) is 8.30. The van der Waals surface area contributed by atoms with Crippen LogP contribution in [0.5, 0.6) is 0 Å². The summed E-state index contributed by atoms with van der Waals surface area (Å²) in [6.45, 7) is 10.4. The highest BCUT2D eigenvalue weighted by molar-refractivity contribution is 14.0. The van der Waals surface area contributed by atoms with Crippen molar-refractivity contribution >= 4 is 29.9 Å². The first-order chi connectivity index (χ1) is 12.0. The fraction of sp³-hybridized carbons (Fsp3) is 0.950. The predicted octanol–water partition coefficient (Wildman–Crippen LogP) is 3.96. The van der Waals surface area contributed by atoms with Crippen LogP contribution in [0.4, 0.5) is 0 Å². The molecule has 1 saturated heterocycles. The van der Waals surface area contributed by atoms with Gasteiger partial charge in [0.1, 0.15) is 0 Å². The number of hydrogen-bond acceptors (Lipinski definition) is 3. The summed E-state index contributed by atoms with van der Waals surface area (Å²) in [5.74, 6) is 1.43. The minimum atomic E-state index is 0. The van der Waals surface area contributed by atoms with E-state index in [4.69, 9.17) is 9.47 Å². The van der Waals surface area contributed by atoms with E-state index in [0.29, 0.717) is 18.1 Å². The second-order valence-corrected chi connectivity index (χ2v) is 8.57. The third-order valence-corrected chi connectivity index (χ3v) is 5.32. The Morgan fingerprint density at radius 1 is 1.12 bits per heavy atom. The van der Waals surface area contributed by atoms with Crippen LogP contribution in [-0.2, 0) is 9.47 Å². The van der Waals surface area contributed by atoms with Gasteiger partial charge >= 0.3 is 0 Å². The van der Waals surface area contributed by atoms with Gasteiger partial charge in [-0.25, -0.2) is 0 Å². The molecule has 0 aromatic rings. The first-order valence-electron chi connectivity index (χ1n) is 10.2. The maximum absolute atomic E-state index is 6.07. The Hall–Kier alpha value is -0.0800. The van der Waals surface area contributed by atoms with E-state index in [1.54, 1.807) is 0 Å². The van der Waals surface area contributed by atoms with Gasteiger partial charge in [0.2, 0.25) is 0 Å². The van der Waals surface area contributed by atoms with Crippen molar-refractivity contribution in [2.75, 3.05) is 33.4 Å². The Morgan fingerprint density at radius 3 is 2.50 bits per heavy atom. The summed E-state index contributed by atoms with van der Waals surface area (Å²) in [6.07, 6.45) is 9.38. The molecule has 2 unspecified atom stereocenters. The van der Waals surface area contributed by atoms with Gasteiger partial charge in [0, 0.05) is 39.3 Å². The van der Waals surface area contributed by atoms with Crippen molar-refractivity contribution in [1.82, 2.24) is 10.6 Å². The molecule has 2 rings (SSSR count). The van der Waals surface area contributed by atoms with Gasteiger partial charge in [0.05, 0.1) is 12.2 Å². The standard InChI is InChI=1S/C20H39N3O2.HI/c1-20(2,3)18-16(9-7-13-25-18)15-23-19(21-4)22-12-8-14-24-17-10-5-6-11-17;/h16-18H,5-15H2,1-4H3,(H2,21,22,23);1H. The molecule has 2 fully saturated rings.